The third kappa shape index (κ3) is 5.40. The molecule has 0 aliphatic heterocycles. The highest BCUT2D eigenvalue weighted by Crippen LogP contribution is 2.16. The third-order valence-electron chi connectivity index (χ3n) is 3.56. The Kier molecular flexibility index (Phi) is 6.12. The number of rotatable bonds is 6. The van der Waals surface area contributed by atoms with Gasteiger partial charge in [-0.05, 0) is 49.7 Å². The largest absolute Gasteiger partial charge is 0.326 e. The Labute approximate surface area is 152 Å². The van der Waals surface area contributed by atoms with Gasteiger partial charge in [-0.25, -0.2) is 13.1 Å². The molecule has 2 rings (SSSR count). The standard InChI is InChI=1S/C18H21N3O4S/c1-12-4-9-17(13(2)10-12)21-18(23)11-19-26(24,25)16-7-5-15(6-8-16)20-14(3)22/h4-10,19H,11H2,1-3H3,(H,20,22)(H,21,23). The van der Waals surface area contributed by atoms with Gasteiger partial charge < -0.3 is 10.6 Å². The topological polar surface area (TPSA) is 104 Å². The molecule has 0 radical (unpaired) electrons. The molecule has 0 unspecified atom stereocenters. The maximum absolute atomic E-state index is 12.3. The molecule has 138 valence electrons. The van der Waals surface area contributed by atoms with Crippen molar-refractivity contribution < 1.29 is 18.0 Å². The van der Waals surface area contributed by atoms with E-state index in [1.54, 1.807) is 6.07 Å². The first-order chi connectivity index (χ1) is 12.2. The highest BCUT2D eigenvalue weighted by atomic mass is 32.2. The number of sulfonamides is 1. The quantitative estimate of drug-likeness (QED) is 0.720. The molecule has 2 aromatic carbocycles. The van der Waals surface area contributed by atoms with E-state index >= 15 is 0 Å². The highest BCUT2D eigenvalue weighted by Gasteiger charge is 2.16. The molecule has 0 spiro atoms. The van der Waals surface area contributed by atoms with E-state index in [1.165, 1.54) is 31.2 Å². The molecule has 0 atom stereocenters. The predicted octanol–water partition coefficient (Wildman–Crippen LogP) is 2.18. The number of nitrogens with one attached hydrogen (secondary N) is 3. The van der Waals surface area contributed by atoms with Gasteiger partial charge in [-0.3, -0.25) is 9.59 Å². The fraction of sp³-hybridized carbons (Fsp3) is 0.222. The van der Waals surface area contributed by atoms with Gasteiger partial charge in [0.1, 0.15) is 0 Å². The first-order valence-electron chi connectivity index (χ1n) is 7.92. The molecule has 2 aromatic rings. The molecular formula is C18H21N3O4S. The second-order valence-electron chi connectivity index (χ2n) is 5.90. The van der Waals surface area contributed by atoms with Crippen LogP contribution in [0.15, 0.2) is 47.4 Å². The normalized spacial score (nSPS) is 11.0. The number of hydrogen-bond donors (Lipinski definition) is 3. The first-order valence-corrected chi connectivity index (χ1v) is 9.40. The van der Waals surface area contributed by atoms with Gasteiger partial charge in [-0.15, -0.1) is 0 Å². The van der Waals surface area contributed by atoms with Gasteiger partial charge in [0.25, 0.3) is 0 Å². The Balaban J connectivity index is 1.98. The molecule has 0 saturated carbocycles. The van der Waals surface area contributed by atoms with Crippen molar-refractivity contribution in [1.29, 1.82) is 0 Å². The Bertz CT molecular complexity index is 922. The van der Waals surface area contributed by atoms with Gasteiger partial charge in [-0.1, -0.05) is 17.7 Å². The molecule has 7 nitrogen and oxygen atoms in total. The summed E-state index contributed by atoms with van der Waals surface area (Å²) in [4.78, 5) is 23.0. The summed E-state index contributed by atoms with van der Waals surface area (Å²) in [6.45, 7) is 4.79. The van der Waals surface area contributed by atoms with Gasteiger partial charge in [0.2, 0.25) is 21.8 Å². The molecule has 0 aromatic heterocycles. The summed E-state index contributed by atoms with van der Waals surface area (Å²) in [5, 5.41) is 5.23. The van der Waals surface area contributed by atoms with Crippen LogP contribution >= 0.6 is 0 Å². The van der Waals surface area contributed by atoms with Crippen molar-refractivity contribution in [2.75, 3.05) is 17.2 Å². The molecule has 0 bridgehead atoms. The van der Waals surface area contributed by atoms with Gasteiger partial charge in [0.15, 0.2) is 0 Å². The second kappa shape index (κ2) is 8.11. The summed E-state index contributed by atoms with van der Waals surface area (Å²) in [5.41, 5.74) is 3.10. The maximum Gasteiger partial charge on any atom is 0.241 e. The Hall–Kier alpha value is -2.71. The number of benzene rings is 2. The van der Waals surface area contributed by atoms with Gasteiger partial charge in [0.05, 0.1) is 11.4 Å². The van der Waals surface area contributed by atoms with Gasteiger partial charge >= 0.3 is 0 Å². The zero-order chi connectivity index (χ0) is 19.3. The van der Waals surface area contributed by atoms with Crippen molar-refractivity contribution in [2.24, 2.45) is 0 Å². The third-order valence-corrected chi connectivity index (χ3v) is 4.98. The first kappa shape index (κ1) is 19.6. The predicted molar refractivity (Wildman–Crippen MR) is 100 cm³/mol. The fourth-order valence-corrected chi connectivity index (χ4v) is 3.29. The van der Waals surface area contributed by atoms with Crippen LogP contribution in [0.2, 0.25) is 0 Å². The van der Waals surface area contributed by atoms with E-state index < -0.39 is 15.9 Å². The van der Waals surface area contributed by atoms with Crippen LogP contribution in [-0.2, 0) is 19.6 Å². The van der Waals surface area contributed by atoms with Crippen LogP contribution in [0.3, 0.4) is 0 Å². The van der Waals surface area contributed by atoms with Gasteiger partial charge in [-0.2, -0.15) is 0 Å². The Morgan fingerprint density at radius 3 is 2.19 bits per heavy atom. The molecule has 0 fully saturated rings. The molecule has 0 aliphatic carbocycles. The Morgan fingerprint density at radius 2 is 1.62 bits per heavy atom. The van der Waals surface area contributed by atoms with Crippen LogP contribution in [0.4, 0.5) is 11.4 Å². The lowest BCUT2D eigenvalue weighted by molar-refractivity contribution is -0.115. The van der Waals surface area contributed by atoms with Crippen molar-refractivity contribution >= 4 is 33.2 Å². The lowest BCUT2D eigenvalue weighted by Gasteiger charge is -2.11. The average Bonchev–Trinajstić information content (AvgIpc) is 2.56. The fourth-order valence-electron chi connectivity index (χ4n) is 2.31. The molecule has 8 heteroatoms. The minimum Gasteiger partial charge on any atom is -0.326 e. The van der Waals surface area contributed by atoms with Gasteiger partial charge in [0, 0.05) is 18.3 Å². The molecule has 0 aliphatic rings. The highest BCUT2D eigenvalue weighted by molar-refractivity contribution is 7.89. The molecule has 0 saturated heterocycles. The van der Waals surface area contributed by atoms with Crippen molar-refractivity contribution in [3.05, 3.63) is 53.6 Å². The van der Waals surface area contributed by atoms with Crippen molar-refractivity contribution in [1.82, 2.24) is 4.72 Å². The van der Waals surface area contributed by atoms with E-state index in [1.807, 2.05) is 26.0 Å². The minimum atomic E-state index is -3.83. The maximum atomic E-state index is 12.3. The summed E-state index contributed by atoms with van der Waals surface area (Å²) in [6, 6.07) is 11.2. The summed E-state index contributed by atoms with van der Waals surface area (Å²) >= 11 is 0. The number of carbonyl (C=O) groups is 2. The summed E-state index contributed by atoms with van der Waals surface area (Å²) in [6.07, 6.45) is 0. The van der Waals surface area contributed by atoms with Crippen LogP contribution in [0.5, 0.6) is 0 Å². The summed E-state index contributed by atoms with van der Waals surface area (Å²) in [5.74, 6) is -0.711. The summed E-state index contributed by atoms with van der Waals surface area (Å²) in [7, 11) is -3.83. The lowest BCUT2D eigenvalue weighted by atomic mass is 10.1. The van der Waals surface area contributed by atoms with Crippen molar-refractivity contribution in [3.63, 3.8) is 0 Å². The van der Waals surface area contributed by atoms with E-state index in [2.05, 4.69) is 15.4 Å². The molecule has 2 amide bonds. The monoisotopic (exact) mass is 375 g/mol. The second-order valence-corrected chi connectivity index (χ2v) is 7.66. The molecule has 26 heavy (non-hydrogen) atoms. The average molecular weight is 375 g/mol. The number of aryl methyl sites for hydroxylation is 2. The van der Waals surface area contributed by atoms with Crippen LogP contribution in [-0.4, -0.2) is 26.8 Å². The van der Waals surface area contributed by atoms with Crippen LogP contribution in [0.1, 0.15) is 18.1 Å². The van der Waals surface area contributed by atoms with Crippen molar-refractivity contribution in [2.45, 2.75) is 25.7 Å². The molecule has 0 heterocycles. The van der Waals surface area contributed by atoms with E-state index in [-0.39, 0.29) is 17.3 Å². The SMILES string of the molecule is CC(=O)Nc1ccc(S(=O)(=O)NCC(=O)Nc2ccc(C)cc2C)cc1. The minimum absolute atomic E-state index is 0.00548. The number of carbonyl (C=O) groups excluding carboxylic acids is 2. The number of anilines is 2. The van der Waals surface area contributed by atoms with E-state index in [9.17, 15) is 18.0 Å². The number of hydrogen-bond acceptors (Lipinski definition) is 4. The van der Waals surface area contributed by atoms with E-state index in [0.717, 1.165) is 11.1 Å². The zero-order valence-electron chi connectivity index (χ0n) is 14.8. The smallest absolute Gasteiger partial charge is 0.241 e. The van der Waals surface area contributed by atoms with Crippen molar-refractivity contribution in [3.8, 4) is 0 Å². The molecule has 3 N–H and O–H groups in total. The lowest BCUT2D eigenvalue weighted by Crippen LogP contribution is -2.33. The van der Waals surface area contributed by atoms with Crippen LogP contribution in [0, 0.1) is 13.8 Å². The van der Waals surface area contributed by atoms with E-state index in [0.29, 0.717) is 11.4 Å². The zero-order valence-corrected chi connectivity index (χ0v) is 15.6. The number of amides is 2. The summed E-state index contributed by atoms with van der Waals surface area (Å²) < 4.78 is 26.8. The van der Waals surface area contributed by atoms with Crippen LogP contribution in [0.25, 0.3) is 0 Å². The Morgan fingerprint density at radius 1 is 0.962 bits per heavy atom. The molecular weight excluding hydrogens is 354 g/mol. The van der Waals surface area contributed by atoms with E-state index in [4.69, 9.17) is 0 Å². The van der Waals surface area contributed by atoms with Crippen LogP contribution < -0.4 is 15.4 Å².